The van der Waals surface area contributed by atoms with E-state index in [-0.39, 0.29) is 24.3 Å². The first-order chi connectivity index (χ1) is 9.76. The second kappa shape index (κ2) is 5.16. The molecule has 2 rings (SSSR count). The lowest BCUT2D eigenvalue weighted by Gasteiger charge is -2.20. The number of amides is 1. The van der Waals surface area contributed by atoms with E-state index in [2.05, 4.69) is 0 Å². The number of benzene rings is 1. The van der Waals surface area contributed by atoms with E-state index >= 15 is 0 Å². The standard InChI is InChI=1S/C14H16N2O5/c1-9-4-3-5-10(11(9)16(20)21)12(17)15-7-6-14(2,8-15)13(18)19/h3-5H,6-8H2,1-2H3,(H,18,19). The van der Waals surface area contributed by atoms with Crippen molar-refractivity contribution < 1.29 is 19.6 Å². The van der Waals surface area contributed by atoms with Gasteiger partial charge in [-0.15, -0.1) is 0 Å². The lowest BCUT2D eigenvalue weighted by atomic mass is 9.90. The fourth-order valence-corrected chi connectivity index (χ4v) is 2.55. The molecule has 21 heavy (non-hydrogen) atoms. The van der Waals surface area contributed by atoms with Crippen LogP contribution >= 0.6 is 0 Å². The zero-order valence-electron chi connectivity index (χ0n) is 11.8. The third-order valence-electron chi connectivity index (χ3n) is 3.93. The molecule has 7 nitrogen and oxygen atoms in total. The molecular formula is C14H16N2O5. The van der Waals surface area contributed by atoms with Crippen molar-refractivity contribution >= 4 is 17.6 Å². The van der Waals surface area contributed by atoms with E-state index in [0.29, 0.717) is 12.0 Å². The van der Waals surface area contributed by atoms with Gasteiger partial charge in [0.25, 0.3) is 11.6 Å². The molecule has 1 atom stereocenters. The van der Waals surface area contributed by atoms with Crippen molar-refractivity contribution in [2.75, 3.05) is 13.1 Å². The summed E-state index contributed by atoms with van der Waals surface area (Å²) in [5.74, 6) is -1.45. The van der Waals surface area contributed by atoms with E-state index in [1.165, 1.54) is 11.0 Å². The molecule has 1 fully saturated rings. The van der Waals surface area contributed by atoms with Crippen LogP contribution in [0.1, 0.15) is 29.3 Å². The van der Waals surface area contributed by atoms with Crippen LogP contribution in [-0.4, -0.2) is 39.9 Å². The quantitative estimate of drug-likeness (QED) is 0.676. The van der Waals surface area contributed by atoms with Gasteiger partial charge in [0.2, 0.25) is 0 Å². The number of para-hydroxylation sites is 1. The van der Waals surface area contributed by atoms with Gasteiger partial charge < -0.3 is 10.0 Å². The SMILES string of the molecule is Cc1cccc(C(=O)N2CCC(C)(C(=O)O)C2)c1[N+](=O)[O-]. The fraction of sp³-hybridized carbons (Fsp3) is 0.429. The van der Waals surface area contributed by atoms with E-state index in [9.17, 15) is 24.8 Å². The van der Waals surface area contributed by atoms with Gasteiger partial charge in [0.15, 0.2) is 0 Å². The van der Waals surface area contributed by atoms with Gasteiger partial charge in [0.1, 0.15) is 5.56 Å². The predicted molar refractivity (Wildman–Crippen MR) is 74.1 cm³/mol. The number of aryl methyl sites for hydroxylation is 1. The Morgan fingerprint density at radius 2 is 2.10 bits per heavy atom. The van der Waals surface area contributed by atoms with Crippen molar-refractivity contribution in [3.05, 3.63) is 39.4 Å². The Balaban J connectivity index is 2.33. The molecule has 0 radical (unpaired) electrons. The van der Waals surface area contributed by atoms with E-state index < -0.39 is 22.2 Å². The monoisotopic (exact) mass is 292 g/mol. The summed E-state index contributed by atoms with van der Waals surface area (Å²) >= 11 is 0. The average molecular weight is 292 g/mol. The highest BCUT2D eigenvalue weighted by atomic mass is 16.6. The number of nitro groups is 1. The zero-order chi connectivity index (χ0) is 15.8. The highest BCUT2D eigenvalue weighted by molar-refractivity contribution is 5.99. The van der Waals surface area contributed by atoms with Crippen LogP contribution in [0.15, 0.2) is 18.2 Å². The van der Waals surface area contributed by atoms with E-state index in [4.69, 9.17) is 0 Å². The van der Waals surface area contributed by atoms with Gasteiger partial charge in [-0.3, -0.25) is 19.7 Å². The molecule has 0 saturated carbocycles. The minimum Gasteiger partial charge on any atom is -0.481 e. The number of hydrogen-bond donors (Lipinski definition) is 1. The van der Waals surface area contributed by atoms with Crippen molar-refractivity contribution in [1.29, 1.82) is 0 Å². The van der Waals surface area contributed by atoms with Crippen LogP contribution in [-0.2, 0) is 4.79 Å². The number of carbonyl (C=O) groups excluding carboxylic acids is 1. The van der Waals surface area contributed by atoms with Gasteiger partial charge in [-0.05, 0) is 26.3 Å². The minimum absolute atomic E-state index is 0.00892. The third-order valence-corrected chi connectivity index (χ3v) is 3.93. The fourth-order valence-electron chi connectivity index (χ4n) is 2.55. The summed E-state index contributed by atoms with van der Waals surface area (Å²) < 4.78 is 0. The Kier molecular flexibility index (Phi) is 3.67. The number of carboxylic acids is 1. The maximum Gasteiger partial charge on any atom is 0.311 e. The number of hydrogen-bond acceptors (Lipinski definition) is 4. The van der Waals surface area contributed by atoms with Gasteiger partial charge >= 0.3 is 5.97 Å². The lowest BCUT2D eigenvalue weighted by molar-refractivity contribution is -0.385. The van der Waals surface area contributed by atoms with Crippen LogP contribution < -0.4 is 0 Å². The highest BCUT2D eigenvalue weighted by Gasteiger charge is 2.43. The minimum atomic E-state index is -0.992. The van der Waals surface area contributed by atoms with Gasteiger partial charge in [0, 0.05) is 18.7 Å². The van der Waals surface area contributed by atoms with E-state index in [1.807, 2.05) is 0 Å². The van der Waals surface area contributed by atoms with Crippen LogP contribution in [0.4, 0.5) is 5.69 Å². The smallest absolute Gasteiger partial charge is 0.311 e. The molecule has 1 aliphatic rings. The highest BCUT2D eigenvalue weighted by Crippen LogP contribution is 2.32. The molecular weight excluding hydrogens is 276 g/mol. The second-order valence-corrected chi connectivity index (χ2v) is 5.57. The largest absolute Gasteiger partial charge is 0.481 e. The van der Waals surface area contributed by atoms with Crippen LogP contribution in [0.25, 0.3) is 0 Å². The van der Waals surface area contributed by atoms with Gasteiger partial charge in [0.05, 0.1) is 10.3 Å². The van der Waals surface area contributed by atoms with Crippen LogP contribution in [0.3, 0.4) is 0 Å². The number of aliphatic carboxylic acids is 1. The molecule has 1 saturated heterocycles. The maximum absolute atomic E-state index is 12.5. The molecule has 7 heteroatoms. The summed E-state index contributed by atoms with van der Waals surface area (Å²) in [6.07, 6.45) is 0.341. The second-order valence-electron chi connectivity index (χ2n) is 5.57. The van der Waals surface area contributed by atoms with Crippen molar-refractivity contribution in [3.8, 4) is 0 Å². The Hall–Kier alpha value is -2.44. The first-order valence-corrected chi connectivity index (χ1v) is 6.53. The Morgan fingerprint density at radius 3 is 2.62 bits per heavy atom. The van der Waals surface area contributed by atoms with Gasteiger partial charge in [-0.2, -0.15) is 0 Å². The van der Waals surface area contributed by atoms with Gasteiger partial charge in [-0.1, -0.05) is 12.1 Å². The third kappa shape index (κ3) is 2.58. The molecule has 1 N–H and O–H groups in total. The summed E-state index contributed by atoms with van der Waals surface area (Å²) in [5, 5.41) is 20.3. The number of carbonyl (C=O) groups is 2. The maximum atomic E-state index is 12.5. The number of nitro benzene ring substituents is 1. The van der Waals surface area contributed by atoms with Crippen LogP contribution in [0.2, 0.25) is 0 Å². The molecule has 1 aliphatic heterocycles. The molecule has 1 aromatic rings. The van der Waals surface area contributed by atoms with Crippen molar-refractivity contribution in [2.24, 2.45) is 5.41 Å². The zero-order valence-corrected chi connectivity index (χ0v) is 11.8. The summed E-state index contributed by atoms with van der Waals surface area (Å²) in [6.45, 7) is 3.49. The molecule has 0 bridgehead atoms. The molecule has 0 aliphatic carbocycles. The lowest BCUT2D eigenvalue weighted by Crippen LogP contribution is -2.35. The normalized spacial score (nSPS) is 21.3. The summed E-state index contributed by atoms with van der Waals surface area (Å²) in [4.78, 5) is 35.6. The Morgan fingerprint density at radius 1 is 1.43 bits per heavy atom. The first-order valence-electron chi connectivity index (χ1n) is 6.53. The summed E-state index contributed by atoms with van der Waals surface area (Å²) in [5.41, 5.74) is -0.791. The molecule has 1 aromatic carbocycles. The van der Waals surface area contributed by atoms with Crippen molar-refractivity contribution in [2.45, 2.75) is 20.3 Å². The number of carboxylic acid groups (broad SMARTS) is 1. The molecule has 0 aromatic heterocycles. The summed E-state index contributed by atoms with van der Waals surface area (Å²) in [6, 6.07) is 4.56. The number of likely N-dealkylation sites (tertiary alicyclic amines) is 1. The first kappa shape index (κ1) is 15.0. The van der Waals surface area contributed by atoms with E-state index in [1.54, 1.807) is 26.0 Å². The van der Waals surface area contributed by atoms with Crippen LogP contribution in [0.5, 0.6) is 0 Å². The van der Waals surface area contributed by atoms with Gasteiger partial charge in [-0.25, -0.2) is 0 Å². The molecule has 1 heterocycles. The number of rotatable bonds is 3. The number of nitrogens with zero attached hydrogens (tertiary/aromatic N) is 2. The Labute approximate surface area is 121 Å². The molecule has 0 spiro atoms. The van der Waals surface area contributed by atoms with Crippen molar-refractivity contribution in [1.82, 2.24) is 4.90 Å². The molecule has 1 unspecified atom stereocenters. The van der Waals surface area contributed by atoms with Crippen molar-refractivity contribution in [3.63, 3.8) is 0 Å². The predicted octanol–water partition coefficient (Wildman–Crippen LogP) is 1.84. The molecule has 112 valence electrons. The summed E-state index contributed by atoms with van der Waals surface area (Å²) in [7, 11) is 0. The van der Waals surface area contributed by atoms with Crippen LogP contribution in [0, 0.1) is 22.5 Å². The van der Waals surface area contributed by atoms with E-state index in [0.717, 1.165) is 0 Å². The average Bonchev–Trinajstić information content (AvgIpc) is 2.81. The molecule has 1 amide bonds. The topological polar surface area (TPSA) is 101 Å². The Bertz CT molecular complexity index is 628.